The molecule has 0 spiro atoms. The molecule has 0 bridgehead atoms. The van der Waals surface area contributed by atoms with Gasteiger partial charge in [0.2, 0.25) is 0 Å². The van der Waals surface area contributed by atoms with Gasteiger partial charge in [-0.2, -0.15) is 0 Å². The third kappa shape index (κ3) is 4.92. The van der Waals surface area contributed by atoms with Gasteiger partial charge < -0.3 is 0 Å². The van der Waals surface area contributed by atoms with E-state index in [9.17, 15) is 0 Å². The summed E-state index contributed by atoms with van der Waals surface area (Å²) < 4.78 is 0. The molecule has 0 N–H and O–H groups in total. The molecule has 22 heavy (non-hydrogen) atoms. The second-order valence-corrected chi connectivity index (χ2v) is 6.22. The lowest BCUT2D eigenvalue weighted by Gasteiger charge is -2.13. The standard InChI is InChI=1S/C21H26S/c1-7-11-12-18(8-2)19-14-13-16(5)21(15-19)17(6)22-20(9-3)10-4/h7-9,11-15H,1,6,10H2,2-5H3/b12-11-,18-8+,20-9-. The summed E-state index contributed by atoms with van der Waals surface area (Å²) in [6.07, 6.45) is 11.2. The van der Waals surface area contributed by atoms with Gasteiger partial charge in [0.25, 0.3) is 0 Å². The smallest absolute Gasteiger partial charge is 0.0122 e. The monoisotopic (exact) mass is 310 g/mol. The fraction of sp³-hybridized carbons (Fsp3) is 0.238. The zero-order valence-electron chi connectivity index (χ0n) is 14.1. The van der Waals surface area contributed by atoms with Crippen LogP contribution in [0.15, 0.2) is 66.6 Å². The van der Waals surface area contributed by atoms with Crippen LogP contribution in [0, 0.1) is 6.92 Å². The van der Waals surface area contributed by atoms with Crippen molar-refractivity contribution >= 4 is 22.2 Å². The van der Waals surface area contributed by atoms with Crippen LogP contribution in [0.3, 0.4) is 0 Å². The van der Waals surface area contributed by atoms with Crippen LogP contribution in [0.5, 0.6) is 0 Å². The number of allylic oxidation sites excluding steroid dienone is 7. The predicted octanol–water partition coefficient (Wildman–Crippen LogP) is 7.16. The molecule has 0 aliphatic heterocycles. The molecule has 0 saturated carbocycles. The van der Waals surface area contributed by atoms with Crippen molar-refractivity contribution < 1.29 is 0 Å². The Kier molecular flexibility index (Phi) is 7.76. The molecule has 0 heterocycles. The normalized spacial score (nSPS) is 12.7. The number of rotatable bonds is 7. The summed E-state index contributed by atoms with van der Waals surface area (Å²) in [6.45, 7) is 16.5. The van der Waals surface area contributed by atoms with E-state index >= 15 is 0 Å². The van der Waals surface area contributed by atoms with Crippen molar-refractivity contribution in [3.05, 3.63) is 83.3 Å². The lowest BCUT2D eigenvalue weighted by Crippen LogP contribution is -1.90. The largest absolute Gasteiger partial charge is 0.0991 e. The van der Waals surface area contributed by atoms with E-state index in [0.717, 1.165) is 11.3 Å². The van der Waals surface area contributed by atoms with Crippen LogP contribution >= 0.6 is 11.8 Å². The topological polar surface area (TPSA) is 0 Å². The molecule has 0 fully saturated rings. The highest BCUT2D eigenvalue weighted by Crippen LogP contribution is 2.36. The Morgan fingerprint density at radius 1 is 1.23 bits per heavy atom. The first kappa shape index (κ1) is 18.3. The van der Waals surface area contributed by atoms with Gasteiger partial charge in [-0.1, -0.05) is 74.4 Å². The van der Waals surface area contributed by atoms with Gasteiger partial charge >= 0.3 is 0 Å². The van der Waals surface area contributed by atoms with Gasteiger partial charge in [-0.3, -0.25) is 0 Å². The van der Waals surface area contributed by atoms with Crippen molar-refractivity contribution in [3.8, 4) is 0 Å². The average Bonchev–Trinajstić information content (AvgIpc) is 2.54. The Balaban J connectivity index is 3.16. The molecule has 0 aliphatic carbocycles. The van der Waals surface area contributed by atoms with E-state index in [0.29, 0.717) is 0 Å². The maximum Gasteiger partial charge on any atom is 0.0122 e. The lowest BCUT2D eigenvalue weighted by atomic mass is 9.99. The van der Waals surface area contributed by atoms with E-state index in [1.807, 2.05) is 6.08 Å². The molecule has 1 heteroatoms. The minimum Gasteiger partial charge on any atom is -0.0991 e. The number of thioether (sulfide) groups is 1. The van der Waals surface area contributed by atoms with Crippen LogP contribution in [0.1, 0.15) is 43.9 Å². The van der Waals surface area contributed by atoms with Gasteiger partial charge in [0.05, 0.1) is 0 Å². The first-order valence-corrected chi connectivity index (χ1v) is 8.47. The molecule has 116 valence electrons. The van der Waals surface area contributed by atoms with Gasteiger partial charge in [0.15, 0.2) is 0 Å². The summed E-state index contributed by atoms with van der Waals surface area (Å²) in [4.78, 5) is 2.46. The highest BCUT2D eigenvalue weighted by molar-refractivity contribution is 8.11. The van der Waals surface area contributed by atoms with E-state index < -0.39 is 0 Å². The highest BCUT2D eigenvalue weighted by atomic mass is 32.2. The Bertz CT molecular complexity index is 627. The maximum absolute atomic E-state index is 4.28. The third-order valence-corrected chi connectivity index (χ3v) is 4.77. The molecule has 1 aromatic rings. The molecular weight excluding hydrogens is 284 g/mol. The molecule has 1 aromatic carbocycles. The summed E-state index contributed by atoms with van der Waals surface area (Å²) >= 11 is 1.77. The van der Waals surface area contributed by atoms with E-state index in [1.165, 1.54) is 27.2 Å². The summed E-state index contributed by atoms with van der Waals surface area (Å²) in [5, 5.41) is 0. The van der Waals surface area contributed by atoms with Crippen molar-refractivity contribution in [2.75, 3.05) is 0 Å². The quantitative estimate of drug-likeness (QED) is 0.481. The summed E-state index contributed by atoms with van der Waals surface area (Å²) in [5.41, 5.74) is 4.89. The Morgan fingerprint density at radius 3 is 2.50 bits per heavy atom. The van der Waals surface area contributed by atoms with Gasteiger partial charge in [-0.15, -0.1) is 0 Å². The molecule has 0 amide bonds. The van der Waals surface area contributed by atoms with E-state index in [1.54, 1.807) is 17.8 Å². The van der Waals surface area contributed by atoms with Crippen molar-refractivity contribution in [3.63, 3.8) is 0 Å². The van der Waals surface area contributed by atoms with Crippen LogP contribution in [-0.2, 0) is 0 Å². The minimum atomic E-state index is 1.04. The fourth-order valence-electron chi connectivity index (χ4n) is 2.18. The van der Waals surface area contributed by atoms with Crippen LogP contribution in [0.4, 0.5) is 0 Å². The zero-order valence-corrected chi connectivity index (χ0v) is 15.0. The van der Waals surface area contributed by atoms with E-state index in [2.05, 4.69) is 77.3 Å². The Hall–Kier alpha value is -1.73. The predicted molar refractivity (Wildman–Crippen MR) is 105 cm³/mol. The average molecular weight is 311 g/mol. The van der Waals surface area contributed by atoms with Crippen LogP contribution in [0.25, 0.3) is 10.5 Å². The summed E-state index contributed by atoms with van der Waals surface area (Å²) in [7, 11) is 0. The molecular formula is C21H26S. The summed E-state index contributed by atoms with van der Waals surface area (Å²) in [5.74, 6) is 0. The van der Waals surface area contributed by atoms with Crippen molar-refractivity contribution in [2.45, 2.75) is 34.1 Å². The van der Waals surface area contributed by atoms with Gasteiger partial charge in [0.1, 0.15) is 0 Å². The van der Waals surface area contributed by atoms with Gasteiger partial charge in [-0.25, -0.2) is 0 Å². The molecule has 1 rings (SSSR count). The first-order valence-electron chi connectivity index (χ1n) is 7.66. The number of hydrogen-bond donors (Lipinski definition) is 0. The van der Waals surface area contributed by atoms with Gasteiger partial charge in [0, 0.05) is 4.91 Å². The summed E-state index contributed by atoms with van der Waals surface area (Å²) in [6, 6.07) is 6.56. The number of hydrogen-bond acceptors (Lipinski definition) is 1. The van der Waals surface area contributed by atoms with Crippen LogP contribution in [0.2, 0.25) is 0 Å². The molecule has 0 atom stereocenters. The maximum atomic E-state index is 4.28. The highest BCUT2D eigenvalue weighted by Gasteiger charge is 2.08. The zero-order chi connectivity index (χ0) is 16.5. The Morgan fingerprint density at radius 2 is 1.95 bits per heavy atom. The molecule has 0 nitrogen and oxygen atoms in total. The van der Waals surface area contributed by atoms with Crippen LogP contribution in [-0.4, -0.2) is 0 Å². The van der Waals surface area contributed by atoms with Gasteiger partial charge in [-0.05, 0) is 60.4 Å². The second-order valence-electron chi connectivity index (χ2n) is 5.00. The first-order chi connectivity index (χ1) is 10.6. The van der Waals surface area contributed by atoms with Crippen molar-refractivity contribution in [1.29, 1.82) is 0 Å². The molecule has 0 unspecified atom stereocenters. The Labute approximate surface area is 140 Å². The second kappa shape index (κ2) is 9.32. The third-order valence-electron chi connectivity index (χ3n) is 3.52. The number of benzene rings is 1. The molecule has 0 aliphatic rings. The minimum absolute atomic E-state index is 1.04. The molecule has 0 aromatic heterocycles. The molecule has 0 saturated heterocycles. The van der Waals surface area contributed by atoms with Crippen molar-refractivity contribution in [1.82, 2.24) is 0 Å². The lowest BCUT2D eigenvalue weighted by molar-refractivity contribution is 1.19. The van der Waals surface area contributed by atoms with Crippen molar-refractivity contribution in [2.24, 2.45) is 0 Å². The molecule has 0 radical (unpaired) electrons. The van der Waals surface area contributed by atoms with E-state index in [4.69, 9.17) is 0 Å². The van der Waals surface area contributed by atoms with Crippen LogP contribution < -0.4 is 0 Å². The SMILES string of the molecule is C=C/C=C\C(=C/C)c1ccc(C)c(C(=C)S/C(=C\C)CC)c1. The van der Waals surface area contributed by atoms with E-state index in [-0.39, 0.29) is 0 Å². The fourth-order valence-corrected chi connectivity index (χ4v) is 3.09. The number of aryl methyl sites for hydroxylation is 1.